The maximum atomic E-state index is 13.3. The SMILES string of the molecule is CC(=O)c1cccc(F)c1OCC(O)C(F)(F)F. The molecule has 0 heterocycles. The number of ketones is 1. The Hall–Kier alpha value is -1.63. The molecule has 0 spiro atoms. The molecular formula is C11H10F4O3. The summed E-state index contributed by atoms with van der Waals surface area (Å²) in [6.07, 6.45) is -7.60. The van der Waals surface area contributed by atoms with Gasteiger partial charge >= 0.3 is 6.18 Å². The molecule has 0 saturated heterocycles. The van der Waals surface area contributed by atoms with Gasteiger partial charge in [-0.3, -0.25) is 4.79 Å². The van der Waals surface area contributed by atoms with Gasteiger partial charge in [0.1, 0.15) is 6.61 Å². The zero-order chi connectivity index (χ0) is 13.9. The quantitative estimate of drug-likeness (QED) is 0.672. The van der Waals surface area contributed by atoms with Gasteiger partial charge in [-0.1, -0.05) is 6.07 Å². The number of alkyl halides is 3. The van der Waals surface area contributed by atoms with Gasteiger partial charge in [0.25, 0.3) is 0 Å². The highest BCUT2D eigenvalue weighted by molar-refractivity contribution is 5.96. The molecule has 7 heteroatoms. The normalized spacial score (nSPS) is 13.2. The fraction of sp³-hybridized carbons (Fsp3) is 0.364. The van der Waals surface area contributed by atoms with Crippen molar-refractivity contribution in [1.82, 2.24) is 0 Å². The van der Waals surface area contributed by atoms with Gasteiger partial charge in [-0.25, -0.2) is 4.39 Å². The molecule has 0 bridgehead atoms. The smallest absolute Gasteiger partial charge is 0.417 e. The molecule has 1 aromatic rings. The van der Waals surface area contributed by atoms with Gasteiger partial charge in [-0.15, -0.1) is 0 Å². The fourth-order valence-electron chi connectivity index (χ4n) is 1.19. The first kappa shape index (κ1) is 14.4. The summed E-state index contributed by atoms with van der Waals surface area (Å²) in [5.41, 5.74) is -0.177. The van der Waals surface area contributed by atoms with E-state index in [4.69, 9.17) is 5.11 Å². The van der Waals surface area contributed by atoms with Crippen LogP contribution in [0.1, 0.15) is 17.3 Å². The van der Waals surface area contributed by atoms with E-state index in [2.05, 4.69) is 4.74 Å². The molecule has 0 amide bonds. The van der Waals surface area contributed by atoms with Crippen LogP contribution in [0.2, 0.25) is 0 Å². The van der Waals surface area contributed by atoms with Gasteiger partial charge in [0.05, 0.1) is 5.56 Å². The molecule has 0 fully saturated rings. The molecular weight excluding hydrogens is 256 g/mol. The van der Waals surface area contributed by atoms with E-state index in [0.29, 0.717) is 0 Å². The molecule has 0 radical (unpaired) electrons. The monoisotopic (exact) mass is 266 g/mol. The number of aliphatic hydroxyl groups excluding tert-OH is 1. The number of hydrogen-bond acceptors (Lipinski definition) is 3. The van der Waals surface area contributed by atoms with Crippen molar-refractivity contribution < 1.29 is 32.2 Å². The predicted octanol–water partition coefficient (Wildman–Crippen LogP) is 2.33. The predicted molar refractivity (Wildman–Crippen MR) is 54.0 cm³/mol. The zero-order valence-electron chi connectivity index (χ0n) is 9.29. The Bertz CT molecular complexity index is 442. The third-order valence-corrected chi connectivity index (χ3v) is 2.11. The lowest BCUT2D eigenvalue weighted by atomic mass is 10.1. The van der Waals surface area contributed by atoms with Crippen molar-refractivity contribution >= 4 is 5.78 Å². The van der Waals surface area contributed by atoms with Crippen molar-refractivity contribution in [3.8, 4) is 5.75 Å². The van der Waals surface area contributed by atoms with Gasteiger partial charge in [0, 0.05) is 0 Å². The van der Waals surface area contributed by atoms with Crippen LogP contribution in [0.25, 0.3) is 0 Å². The van der Waals surface area contributed by atoms with Crippen LogP contribution in [0.15, 0.2) is 18.2 Å². The Morgan fingerprint density at radius 1 is 1.44 bits per heavy atom. The molecule has 1 aromatic carbocycles. The number of halogens is 4. The number of Topliss-reactive ketones (excluding diaryl/α,β-unsaturated/α-hetero) is 1. The fourth-order valence-corrected chi connectivity index (χ4v) is 1.19. The lowest BCUT2D eigenvalue weighted by Gasteiger charge is -2.16. The summed E-state index contributed by atoms with van der Waals surface area (Å²) >= 11 is 0. The molecule has 18 heavy (non-hydrogen) atoms. The summed E-state index contributed by atoms with van der Waals surface area (Å²) in [4.78, 5) is 11.1. The van der Waals surface area contributed by atoms with Crippen molar-refractivity contribution in [3.05, 3.63) is 29.6 Å². The van der Waals surface area contributed by atoms with Gasteiger partial charge < -0.3 is 9.84 Å². The molecule has 0 saturated carbocycles. The minimum absolute atomic E-state index is 0.177. The van der Waals surface area contributed by atoms with E-state index in [9.17, 15) is 22.4 Å². The number of carbonyl (C=O) groups is 1. The standard InChI is InChI=1S/C11H10F4O3/c1-6(16)7-3-2-4-8(12)10(7)18-5-9(17)11(13,14)15/h2-4,9,17H,5H2,1H3. The van der Waals surface area contributed by atoms with Crippen molar-refractivity contribution in [3.63, 3.8) is 0 Å². The van der Waals surface area contributed by atoms with E-state index >= 15 is 0 Å². The second-order valence-electron chi connectivity index (χ2n) is 3.54. The molecule has 0 aliphatic rings. The first-order valence-corrected chi connectivity index (χ1v) is 4.90. The van der Waals surface area contributed by atoms with Crippen LogP contribution in [0, 0.1) is 5.82 Å². The number of rotatable bonds is 4. The number of carbonyl (C=O) groups excluding carboxylic acids is 1. The first-order chi connectivity index (χ1) is 8.23. The number of hydrogen-bond donors (Lipinski definition) is 1. The topological polar surface area (TPSA) is 46.5 Å². The molecule has 0 aliphatic heterocycles. The van der Waals surface area contributed by atoms with Crippen LogP contribution in [0.4, 0.5) is 17.6 Å². The van der Waals surface area contributed by atoms with Gasteiger partial charge in [-0.2, -0.15) is 13.2 Å². The van der Waals surface area contributed by atoms with Crippen LogP contribution < -0.4 is 4.74 Å². The maximum Gasteiger partial charge on any atom is 0.417 e. The van der Waals surface area contributed by atoms with E-state index in [1.807, 2.05) is 0 Å². The molecule has 1 N–H and O–H groups in total. The van der Waals surface area contributed by atoms with Crippen LogP contribution in [0.3, 0.4) is 0 Å². The van der Waals surface area contributed by atoms with Crippen molar-refractivity contribution in [2.75, 3.05) is 6.61 Å². The molecule has 100 valence electrons. The minimum Gasteiger partial charge on any atom is -0.487 e. The Balaban J connectivity index is 2.88. The molecule has 1 unspecified atom stereocenters. The largest absolute Gasteiger partial charge is 0.487 e. The first-order valence-electron chi connectivity index (χ1n) is 4.90. The lowest BCUT2D eigenvalue weighted by molar-refractivity contribution is -0.210. The summed E-state index contributed by atoms with van der Waals surface area (Å²) < 4.78 is 53.9. The van der Waals surface area contributed by atoms with Crippen LogP contribution in [-0.4, -0.2) is 29.8 Å². The highest BCUT2D eigenvalue weighted by Gasteiger charge is 2.39. The van der Waals surface area contributed by atoms with E-state index in [0.717, 1.165) is 13.0 Å². The van der Waals surface area contributed by atoms with Crippen molar-refractivity contribution in [2.24, 2.45) is 0 Å². The molecule has 1 rings (SSSR count). The molecule has 0 aliphatic carbocycles. The number of benzene rings is 1. The van der Waals surface area contributed by atoms with E-state index < -0.39 is 36.2 Å². The maximum absolute atomic E-state index is 13.3. The Kier molecular flexibility index (Phi) is 4.28. The second kappa shape index (κ2) is 5.34. The Labute approximate surface area is 100.0 Å². The van der Waals surface area contributed by atoms with E-state index in [1.165, 1.54) is 12.1 Å². The zero-order valence-corrected chi connectivity index (χ0v) is 9.29. The summed E-state index contributed by atoms with van der Waals surface area (Å²) in [6.45, 7) is -0.0491. The van der Waals surface area contributed by atoms with Crippen LogP contribution >= 0.6 is 0 Å². The summed E-state index contributed by atoms with van der Waals surface area (Å²) in [7, 11) is 0. The molecule has 3 nitrogen and oxygen atoms in total. The van der Waals surface area contributed by atoms with Crippen LogP contribution in [-0.2, 0) is 0 Å². The average molecular weight is 266 g/mol. The number of aliphatic hydroxyl groups is 1. The summed E-state index contributed by atoms with van der Waals surface area (Å²) in [6, 6.07) is 3.40. The van der Waals surface area contributed by atoms with Crippen molar-refractivity contribution in [2.45, 2.75) is 19.2 Å². The Morgan fingerprint density at radius 3 is 2.56 bits per heavy atom. The lowest BCUT2D eigenvalue weighted by Crippen LogP contribution is -2.34. The highest BCUT2D eigenvalue weighted by Crippen LogP contribution is 2.25. The van der Waals surface area contributed by atoms with Crippen LogP contribution in [0.5, 0.6) is 5.75 Å². The summed E-state index contributed by atoms with van der Waals surface area (Å²) in [5, 5.41) is 8.71. The third kappa shape index (κ3) is 3.43. The van der Waals surface area contributed by atoms with Gasteiger partial charge in [-0.05, 0) is 19.1 Å². The summed E-state index contributed by atoms with van der Waals surface area (Å²) in [5.74, 6) is -2.10. The number of para-hydroxylation sites is 1. The van der Waals surface area contributed by atoms with E-state index in [1.54, 1.807) is 0 Å². The molecule has 1 atom stereocenters. The Morgan fingerprint density at radius 2 is 2.06 bits per heavy atom. The average Bonchev–Trinajstić information content (AvgIpc) is 2.25. The van der Waals surface area contributed by atoms with Gasteiger partial charge in [0.15, 0.2) is 23.5 Å². The molecule has 0 aromatic heterocycles. The van der Waals surface area contributed by atoms with Crippen molar-refractivity contribution in [1.29, 1.82) is 0 Å². The highest BCUT2D eigenvalue weighted by atomic mass is 19.4. The number of ether oxygens (including phenoxy) is 1. The third-order valence-electron chi connectivity index (χ3n) is 2.11. The van der Waals surface area contributed by atoms with Gasteiger partial charge in [0.2, 0.25) is 0 Å². The van der Waals surface area contributed by atoms with E-state index in [-0.39, 0.29) is 5.56 Å². The second-order valence-corrected chi connectivity index (χ2v) is 3.54. The minimum atomic E-state index is -4.86.